The first-order valence-corrected chi connectivity index (χ1v) is 8.08. The summed E-state index contributed by atoms with van der Waals surface area (Å²) in [5.74, 6) is -0.218. The van der Waals surface area contributed by atoms with Crippen LogP contribution >= 0.6 is 0 Å². The molecule has 0 radical (unpaired) electrons. The summed E-state index contributed by atoms with van der Waals surface area (Å²) in [6, 6.07) is 7.36. The minimum absolute atomic E-state index is 0.218. The molecule has 1 N–H and O–H groups in total. The minimum atomic E-state index is -0.550. The Morgan fingerprint density at radius 1 is 1.25 bits per heavy atom. The standard InChI is InChI=1S/C18H28N2O4/c1-7-23-13(2)16(21)19-15-11-9-8-10-14(15)12-20(6)17(22)24-18(3,4)5/h8-11,13H,7,12H2,1-6H3,(H,19,21)/t13-/m0/s1. The Morgan fingerprint density at radius 3 is 2.46 bits per heavy atom. The molecule has 6 heteroatoms. The van der Waals surface area contributed by atoms with Gasteiger partial charge in [0.1, 0.15) is 11.7 Å². The average molecular weight is 336 g/mol. The first-order chi connectivity index (χ1) is 11.1. The number of carbonyl (C=O) groups excluding carboxylic acids is 2. The molecule has 134 valence electrons. The molecule has 0 heterocycles. The van der Waals surface area contributed by atoms with Crippen LogP contribution in [0.1, 0.15) is 40.2 Å². The number of nitrogens with one attached hydrogen (secondary N) is 1. The molecule has 0 saturated carbocycles. The molecule has 0 aliphatic carbocycles. The summed E-state index contributed by atoms with van der Waals surface area (Å²) in [4.78, 5) is 25.7. The van der Waals surface area contributed by atoms with Gasteiger partial charge >= 0.3 is 6.09 Å². The molecule has 1 aromatic rings. The quantitative estimate of drug-likeness (QED) is 0.864. The van der Waals surface area contributed by atoms with Crippen molar-refractivity contribution >= 4 is 17.7 Å². The van der Waals surface area contributed by atoms with Crippen LogP contribution in [0.2, 0.25) is 0 Å². The smallest absolute Gasteiger partial charge is 0.410 e. The number of hydrogen-bond acceptors (Lipinski definition) is 4. The van der Waals surface area contributed by atoms with E-state index in [1.807, 2.05) is 45.9 Å². The van der Waals surface area contributed by atoms with E-state index in [0.29, 0.717) is 18.8 Å². The van der Waals surface area contributed by atoms with Crippen LogP contribution in [0.25, 0.3) is 0 Å². The Morgan fingerprint density at radius 2 is 1.88 bits per heavy atom. The number of ether oxygens (including phenoxy) is 2. The summed E-state index contributed by atoms with van der Waals surface area (Å²) in [6.07, 6.45) is -0.946. The van der Waals surface area contributed by atoms with Crippen LogP contribution in [0.3, 0.4) is 0 Å². The molecule has 1 aromatic carbocycles. The third-order valence-corrected chi connectivity index (χ3v) is 3.17. The largest absolute Gasteiger partial charge is 0.444 e. The molecule has 0 aliphatic rings. The van der Waals surface area contributed by atoms with Crippen molar-refractivity contribution < 1.29 is 19.1 Å². The van der Waals surface area contributed by atoms with Gasteiger partial charge in [0.05, 0.1) is 6.54 Å². The minimum Gasteiger partial charge on any atom is -0.444 e. The molecule has 0 unspecified atom stereocenters. The van der Waals surface area contributed by atoms with Gasteiger partial charge in [0.2, 0.25) is 0 Å². The Balaban J connectivity index is 2.79. The Bertz CT molecular complexity index is 566. The van der Waals surface area contributed by atoms with E-state index < -0.39 is 17.8 Å². The summed E-state index contributed by atoms with van der Waals surface area (Å²) in [5.41, 5.74) is 0.929. The van der Waals surface area contributed by atoms with Crippen LogP contribution in [0.5, 0.6) is 0 Å². The molecule has 0 aliphatic heterocycles. The summed E-state index contributed by atoms with van der Waals surface area (Å²) in [6.45, 7) is 9.81. The summed E-state index contributed by atoms with van der Waals surface area (Å²) in [5, 5.41) is 2.84. The summed E-state index contributed by atoms with van der Waals surface area (Å²) in [7, 11) is 1.66. The number of hydrogen-bond donors (Lipinski definition) is 1. The third-order valence-electron chi connectivity index (χ3n) is 3.17. The molecule has 0 bridgehead atoms. The third kappa shape index (κ3) is 6.58. The number of para-hydroxylation sites is 1. The van der Waals surface area contributed by atoms with Gasteiger partial charge in [0, 0.05) is 19.3 Å². The van der Waals surface area contributed by atoms with Gasteiger partial charge in [-0.1, -0.05) is 18.2 Å². The van der Waals surface area contributed by atoms with Gasteiger partial charge in [-0.05, 0) is 46.2 Å². The fourth-order valence-corrected chi connectivity index (χ4v) is 2.00. The highest BCUT2D eigenvalue weighted by Crippen LogP contribution is 2.19. The van der Waals surface area contributed by atoms with Crippen LogP contribution in [0, 0.1) is 0 Å². The Kier molecular flexibility index (Phi) is 7.22. The van der Waals surface area contributed by atoms with E-state index in [9.17, 15) is 9.59 Å². The van der Waals surface area contributed by atoms with E-state index in [4.69, 9.17) is 9.47 Å². The number of rotatable bonds is 6. The van der Waals surface area contributed by atoms with Gasteiger partial charge in [0.15, 0.2) is 0 Å². The van der Waals surface area contributed by atoms with Crippen molar-refractivity contribution in [2.45, 2.75) is 52.9 Å². The van der Waals surface area contributed by atoms with E-state index in [1.54, 1.807) is 20.0 Å². The molecule has 0 fully saturated rings. The lowest BCUT2D eigenvalue weighted by molar-refractivity contribution is -0.126. The molecule has 0 aromatic heterocycles. The van der Waals surface area contributed by atoms with E-state index in [1.165, 1.54) is 4.90 Å². The van der Waals surface area contributed by atoms with Gasteiger partial charge in [-0.3, -0.25) is 4.79 Å². The number of nitrogens with zero attached hydrogens (tertiary/aromatic N) is 1. The molecule has 1 atom stereocenters. The van der Waals surface area contributed by atoms with Crippen LogP contribution in [-0.4, -0.2) is 42.3 Å². The van der Waals surface area contributed by atoms with Gasteiger partial charge < -0.3 is 19.7 Å². The maximum atomic E-state index is 12.1. The number of carbonyl (C=O) groups is 2. The molecular formula is C18H28N2O4. The lowest BCUT2D eigenvalue weighted by atomic mass is 10.1. The zero-order chi connectivity index (χ0) is 18.3. The highest BCUT2D eigenvalue weighted by molar-refractivity contribution is 5.94. The van der Waals surface area contributed by atoms with Crippen molar-refractivity contribution in [3.05, 3.63) is 29.8 Å². The second-order valence-electron chi connectivity index (χ2n) is 6.58. The fraction of sp³-hybridized carbons (Fsp3) is 0.556. The van der Waals surface area contributed by atoms with Crippen LogP contribution < -0.4 is 5.32 Å². The highest BCUT2D eigenvalue weighted by Gasteiger charge is 2.21. The molecular weight excluding hydrogens is 308 g/mol. The molecule has 6 nitrogen and oxygen atoms in total. The normalized spacial score (nSPS) is 12.4. The van der Waals surface area contributed by atoms with Gasteiger partial charge in [-0.2, -0.15) is 0 Å². The zero-order valence-electron chi connectivity index (χ0n) is 15.4. The molecule has 0 saturated heterocycles. The predicted molar refractivity (Wildman–Crippen MR) is 93.9 cm³/mol. The van der Waals surface area contributed by atoms with Crippen molar-refractivity contribution in [3.8, 4) is 0 Å². The first kappa shape index (κ1) is 20.0. The highest BCUT2D eigenvalue weighted by atomic mass is 16.6. The maximum Gasteiger partial charge on any atom is 0.410 e. The predicted octanol–water partition coefficient (Wildman–Crippen LogP) is 3.42. The van der Waals surface area contributed by atoms with Crippen molar-refractivity contribution in [1.29, 1.82) is 0 Å². The number of amides is 2. The topological polar surface area (TPSA) is 67.9 Å². The summed E-state index contributed by atoms with van der Waals surface area (Å²) < 4.78 is 10.6. The lowest BCUT2D eigenvalue weighted by Gasteiger charge is -2.25. The van der Waals surface area contributed by atoms with Crippen LogP contribution in [-0.2, 0) is 20.8 Å². The summed E-state index contributed by atoms with van der Waals surface area (Å²) >= 11 is 0. The van der Waals surface area contributed by atoms with E-state index in [-0.39, 0.29) is 5.91 Å². The molecule has 1 rings (SSSR count). The van der Waals surface area contributed by atoms with Gasteiger partial charge in [0.25, 0.3) is 5.91 Å². The lowest BCUT2D eigenvalue weighted by Crippen LogP contribution is -2.34. The van der Waals surface area contributed by atoms with Crippen molar-refractivity contribution in [1.82, 2.24) is 4.90 Å². The van der Waals surface area contributed by atoms with E-state index in [0.717, 1.165) is 5.56 Å². The SMILES string of the molecule is CCO[C@@H](C)C(=O)Nc1ccccc1CN(C)C(=O)OC(C)(C)C. The molecule has 2 amide bonds. The second-order valence-corrected chi connectivity index (χ2v) is 6.58. The van der Waals surface area contributed by atoms with Crippen molar-refractivity contribution in [3.63, 3.8) is 0 Å². The van der Waals surface area contributed by atoms with E-state index >= 15 is 0 Å². The monoisotopic (exact) mass is 336 g/mol. The average Bonchev–Trinajstić information content (AvgIpc) is 2.47. The molecule has 0 spiro atoms. The zero-order valence-corrected chi connectivity index (χ0v) is 15.4. The van der Waals surface area contributed by atoms with Gasteiger partial charge in [-0.25, -0.2) is 4.79 Å². The van der Waals surface area contributed by atoms with Gasteiger partial charge in [-0.15, -0.1) is 0 Å². The van der Waals surface area contributed by atoms with Crippen molar-refractivity contribution in [2.24, 2.45) is 0 Å². The fourth-order valence-electron chi connectivity index (χ4n) is 2.00. The van der Waals surface area contributed by atoms with E-state index in [2.05, 4.69) is 5.32 Å². The molecule has 24 heavy (non-hydrogen) atoms. The Labute approximate surface area is 144 Å². The van der Waals surface area contributed by atoms with Crippen LogP contribution in [0.15, 0.2) is 24.3 Å². The number of benzene rings is 1. The number of anilines is 1. The Hall–Kier alpha value is -2.08. The van der Waals surface area contributed by atoms with Crippen LogP contribution in [0.4, 0.5) is 10.5 Å². The second kappa shape index (κ2) is 8.68. The van der Waals surface area contributed by atoms with Crippen molar-refractivity contribution in [2.75, 3.05) is 19.0 Å². The maximum absolute atomic E-state index is 12.1. The first-order valence-electron chi connectivity index (χ1n) is 8.08.